The first-order valence-electron chi connectivity index (χ1n) is 6.11. The second kappa shape index (κ2) is 7.14. The maximum Gasteiger partial charge on any atom is 0.254 e. The first kappa shape index (κ1) is 17.1. The molecule has 0 aromatic heterocycles. The van der Waals surface area contributed by atoms with Gasteiger partial charge in [-0.25, -0.2) is 14.3 Å². The largest absolute Gasteiger partial charge is 0.497 e. The second-order valence-electron chi connectivity index (χ2n) is 4.01. The van der Waals surface area contributed by atoms with E-state index in [1.807, 2.05) is 5.43 Å². The minimum atomic E-state index is -3.69. The number of carbonyl (C=O) groups is 1. The molecule has 0 radical (unpaired) electrons. The highest BCUT2D eigenvalue weighted by molar-refractivity contribution is 7.92. The van der Waals surface area contributed by atoms with E-state index in [9.17, 15) is 13.2 Å². The van der Waals surface area contributed by atoms with Crippen molar-refractivity contribution in [3.05, 3.63) is 18.2 Å². The van der Waals surface area contributed by atoms with E-state index in [1.54, 1.807) is 12.1 Å². The summed E-state index contributed by atoms with van der Waals surface area (Å²) in [5.74, 6) is 4.96. The zero-order valence-corrected chi connectivity index (χ0v) is 12.9. The Hall–Kier alpha value is -2.00. The zero-order valence-electron chi connectivity index (χ0n) is 12.1. The third-order valence-corrected chi connectivity index (χ3v) is 4.53. The highest BCUT2D eigenvalue weighted by atomic mass is 32.2. The van der Waals surface area contributed by atoms with Crippen LogP contribution in [0.1, 0.15) is 6.92 Å². The number of hydrogen-bond donors (Lipinski definition) is 2. The molecule has 0 spiro atoms. The molecule has 1 aromatic carbocycles. The average Bonchev–Trinajstić information content (AvgIpc) is 2.51. The van der Waals surface area contributed by atoms with Crippen molar-refractivity contribution < 1.29 is 22.7 Å². The number of benzene rings is 1. The summed E-state index contributed by atoms with van der Waals surface area (Å²) in [5, 5.41) is 0. The van der Waals surface area contributed by atoms with Crippen molar-refractivity contribution in [2.75, 3.05) is 30.8 Å². The van der Waals surface area contributed by atoms with Crippen LogP contribution in [0.5, 0.6) is 11.5 Å². The number of hydrogen-bond acceptors (Lipinski definition) is 6. The molecule has 3 N–H and O–H groups in total. The van der Waals surface area contributed by atoms with Crippen LogP contribution in [0, 0.1) is 0 Å². The molecular formula is C12H19N3O5S. The van der Waals surface area contributed by atoms with Crippen molar-refractivity contribution in [3.63, 3.8) is 0 Å². The van der Waals surface area contributed by atoms with Crippen LogP contribution in [0.2, 0.25) is 0 Å². The molecule has 1 aromatic rings. The predicted octanol–water partition coefficient (Wildman–Crippen LogP) is -0.150. The number of rotatable bonds is 7. The third-order valence-electron chi connectivity index (χ3n) is 2.80. The molecular weight excluding hydrogens is 298 g/mol. The number of hydrazine groups is 1. The van der Waals surface area contributed by atoms with Gasteiger partial charge in [0.05, 0.1) is 25.7 Å². The molecule has 0 saturated carbocycles. The molecule has 21 heavy (non-hydrogen) atoms. The lowest BCUT2D eigenvalue weighted by atomic mass is 10.2. The van der Waals surface area contributed by atoms with Gasteiger partial charge in [-0.05, 0) is 19.1 Å². The molecule has 0 bridgehead atoms. The van der Waals surface area contributed by atoms with Crippen LogP contribution in [0.15, 0.2) is 18.2 Å². The minimum Gasteiger partial charge on any atom is -0.497 e. The lowest BCUT2D eigenvalue weighted by Gasteiger charge is -2.25. The van der Waals surface area contributed by atoms with Crippen molar-refractivity contribution in [2.45, 2.75) is 6.92 Å². The SMILES string of the molecule is CCS(=O)(=O)N(CC(=O)NN)c1cc(OC)ccc1OC. The van der Waals surface area contributed by atoms with E-state index >= 15 is 0 Å². The Morgan fingerprint density at radius 2 is 2.00 bits per heavy atom. The second-order valence-corrected chi connectivity index (χ2v) is 6.19. The number of carbonyl (C=O) groups excluding carboxylic acids is 1. The smallest absolute Gasteiger partial charge is 0.254 e. The molecule has 1 rings (SSSR count). The van der Waals surface area contributed by atoms with Crippen molar-refractivity contribution in [2.24, 2.45) is 5.84 Å². The van der Waals surface area contributed by atoms with E-state index in [1.165, 1.54) is 27.2 Å². The van der Waals surface area contributed by atoms with Crippen LogP contribution in [0.25, 0.3) is 0 Å². The number of anilines is 1. The van der Waals surface area contributed by atoms with Crippen LogP contribution in [0.3, 0.4) is 0 Å². The Bertz CT molecular complexity index is 603. The molecule has 0 aliphatic rings. The summed E-state index contributed by atoms with van der Waals surface area (Å²) in [5.41, 5.74) is 2.12. The predicted molar refractivity (Wildman–Crippen MR) is 78.7 cm³/mol. The van der Waals surface area contributed by atoms with Gasteiger partial charge >= 0.3 is 0 Å². The highest BCUT2D eigenvalue weighted by Crippen LogP contribution is 2.33. The summed E-state index contributed by atoms with van der Waals surface area (Å²) >= 11 is 0. The summed E-state index contributed by atoms with van der Waals surface area (Å²) < 4.78 is 35.6. The third kappa shape index (κ3) is 3.99. The van der Waals surface area contributed by atoms with E-state index in [0.29, 0.717) is 11.5 Å². The Kier molecular flexibility index (Phi) is 5.79. The Labute approximate surface area is 123 Å². The van der Waals surface area contributed by atoms with Gasteiger partial charge in [-0.1, -0.05) is 0 Å². The molecule has 0 aliphatic carbocycles. The van der Waals surface area contributed by atoms with E-state index in [4.69, 9.17) is 15.3 Å². The van der Waals surface area contributed by atoms with Crippen molar-refractivity contribution in [1.82, 2.24) is 5.43 Å². The maximum absolute atomic E-state index is 12.2. The topological polar surface area (TPSA) is 111 Å². The lowest BCUT2D eigenvalue weighted by Crippen LogP contribution is -2.43. The number of nitrogens with zero attached hydrogens (tertiary/aromatic N) is 1. The van der Waals surface area contributed by atoms with E-state index in [0.717, 1.165) is 4.31 Å². The number of ether oxygens (including phenoxy) is 2. The van der Waals surface area contributed by atoms with Gasteiger partial charge in [0, 0.05) is 6.07 Å². The van der Waals surface area contributed by atoms with Gasteiger partial charge in [-0.3, -0.25) is 14.5 Å². The van der Waals surface area contributed by atoms with E-state index in [-0.39, 0.29) is 11.4 Å². The first-order chi connectivity index (χ1) is 9.89. The van der Waals surface area contributed by atoms with E-state index < -0.39 is 22.5 Å². The van der Waals surface area contributed by atoms with Gasteiger partial charge in [0.25, 0.3) is 5.91 Å². The number of amides is 1. The molecule has 8 nitrogen and oxygen atoms in total. The van der Waals surface area contributed by atoms with Crippen LogP contribution in [-0.2, 0) is 14.8 Å². The summed E-state index contributed by atoms with van der Waals surface area (Å²) in [7, 11) is -0.832. The van der Waals surface area contributed by atoms with Crippen molar-refractivity contribution in [1.29, 1.82) is 0 Å². The molecule has 0 saturated heterocycles. The summed E-state index contributed by atoms with van der Waals surface area (Å²) in [6.07, 6.45) is 0. The maximum atomic E-state index is 12.2. The molecule has 0 atom stereocenters. The van der Waals surface area contributed by atoms with Gasteiger partial charge in [-0.15, -0.1) is 0 Å². The van der Waals surface area contributed by atoms with Gasteiger partial charge in [0.2, 0.25) is 10.0 Å². The first-order valence-corrected chi connectivity index (χ1v) is 7.72. The number of sulfonamides is 1. The number of nitrogens with two attached hydrogens (primary N) is 1. The fourth-order valence-electron chi connectivity index (χ4n) is 1.66. The van der Waals surface area contributed by atoms with Crippen molar-refractivity contribution >= 4 is 21.6 Å². The summed E-state index contributed by atoms with van der Waals surface area (Å²) in [6.45, 7) is 1.03. The lowest BCUT2D eigenvalue weighted by molar-refractivity contribution is -0.119. The standard InChI is InChI=1S/C12H19N3O5S/c1-4-21(17,18)15(8-12(16)14-13)10-7-9(19-2)5-6-11(10)20-3/h5-7H,4,8,13H2,1-3H3,(H,14,16). The monoisotopic (exact) mass is 317 g/mol. The molecule has 0 fully saturated rings. The number of methoxy groups -OCH3 is 2. The normalized spacial score (nSPS) is 10.9. The Morgan fingerprint density at radius 1 is 1.33 bits per heavy atom. The molecule has 9 heteroatoms. The van der Waals surface area contributed by atoms with Gasteiger partial charge in [0.1, 0.15) is 18.0 Å². The van der Waals surface area contributed by atoms with Crippen LogP contribution in [0.4, 0.5) is 5.69 Å². The molecule has 1 amide bonds. The van der Waals surface area contributed by atoms with Gasteiger partial charge < -0.3 is 9.47 Å². The highest BCUT2D eigenvalue weighted by Gasteiger charge is 2.26. The van der Waals surface area contributed by atoms with Crippen LogP contribution in [-0.4, -0.2) is 40.8 Å². The van der Waals surface area contributed by atoms with Crippen molar-refractivity contribution in [3.8, 4) is 11.5 Å². The summed E-state index contributed by atoms with van der Waals surface area (Å²) in [6, 6.07) is 4.67. The average molecular weight is 317 g/mol. The zero-order chi connectivity index (χ0) is 16.0. The quantitative estimate of drug-likeness (QED) is 0.411. The fraction of sp³-hybridized carbons (Fsp3) is 0.417. The Balaban J connectivity index is 3.40. The fourth-order valence-corrected chi connectivity index (χ4v) is 2.72. The molecule has 0 unspecified atom stereocenters. The summed E-state index contributed by atoms with van der Waals surface area (Å²) in [4.78, 5) is 11.5. The van der Waals surface area contributed by atoms with Gasteiger partial charge in [-0.2, -0.15) is 0 Å². The molecule has 118 valence electrons. The van der Waals surface area contributed by atoms with Gasteiger partial charge in [0.15, 0.2) is 0 Å². The van der Waals surface area contributed by atoms with Crippen LogP contribution >= 0.6 is 0 Å². The molecule has 0 heterocycles. The number of nitrogens with one attached hydrogen (secondary N) is 1. The molecule has 0 aliphatic heterocycles. The minimum absolute atomic E-state index is 0.175. The van der Waals surface area contributed by atoms with E-state index in [2.05, 4.69) is 0 Å². The Morgan fingerprint density at radius 3 is 2.48 bits per heavy atom. The van der Waals surface area contributed by atoms with Crippen LogP contribution < -0.4 is 25.0 Å².